The zero-order valence-corrected chi connectivity index (χ0v) is 18.2. The van der Waals surface area contributed by atoms with Crippen LogP contribution in [-0.2, 0) is 14.9 Å². The third-order valence-corrected chi connectivity index (χ3v) is 4.07. The summed E-state index contributed by atoms with van der Waals surface area (Å²) in [5, 5.41) is 0. The van der Waals surface area contributed by atoms with Gasteiger partial charge in [-0.3, -0.25) is 0 Å². The largest absolute Gasteiger partial charge is 0.748 e. The summed E-state index contributed by atoms with van der Waals surface area (Å²) < 4.78 is 37.9. The molecule has 0 unspecified atom stereocenters. The summed E-state index contributed by atoms with van der Waals surface area (Å²) in [6.45, 7) is 3.42. The number of benzene rings is 2. The van der Waals surface area contributed by atoms with Crippen molar-refractivity contribution in [1.29, 1.82) is 0 Å². The van der Waals surface area contributed by atoms with Gasteiger partial charge >= 0.3 is 5.97 Å². The van der Waals surface area contributed by atoms with Gasteiger partial charge in [-0.05, 0) is 55.5 Å². The van der Waals surface area contributed by atoms with Crippen LogP contribution in [0.4, 0.5) is 5.69 Å². The molecule has 0 saturated carbocycles. The number of ether oxygens (including phenoxy) is 2. The molecule has 2 aromatic rings. The fourth-order valence-corrected chi connectivity index (χ4v) is 2.72. The average Bonchev–Trinajstić information content (AvgIpc) is 2.65. The molecular weight excluding hydrogens is 430 g/mol. The molecule has 0 aromatic heterocycles. The molecule has 0 amide bonds. The standard InChI is InChI=1S/C18H21N3O3S.CH4O3S/c1-2-23-11-12-25-16-9-7-15(8-10-16)24-17(22)13-3-5-14(6-4-13)21-18(19)20;1-5(2,3)4/h3-10H,2,11-12H2,1H3,(H4,19,20,21);1H3,(H,2,3,4)/p-1. The molecule has 2 rings (SSSR count). The molecule has 11 heteroatoms. The molecule has 0 aliphatic heterocycles. The Kier molecular flexibility index (Phi) is 10.9. The minimum Gasteiger partial charge on any atom is -0.748 e. The van der Waals surface area contributed by atoms with E-state index in [2.05, 4.69) is 4.99 Å². The second-order valence-electron chi connectivity index (χ2n) is 5.69. The zero-order chi connectivity index (χ0) is 22.6. The van der Waals surface area contributed by atoms with E-state index in [4.69, 9.17) is 33.9 Å². The van der Waals surface area contributed by atoms with Crippen LogP contribution in [0.15, 0.2) is 58.4 Å². The summed E-state index contributed by atoms with van der Waals surface area (Å²) in [4.78, 5) is 17.1. The number of rotatable bonds is 8. The van der Waals surface area contributed by atoms with E-state index in [0.717, 1.165) is 17.3 Å². The summed E-state index contributed by atoms with van der Waals surface area (Å²) >= 11 is 1.69. The number of esters is 1. The Morgan fingerprint density at radius 3 is 2.17 bits per heavy atom. The summed E-state index contributed by atoms with van der Waals surface area (Å²) in [6.07, 6.45) is 0.604. The summed E-state index contributed by atoms with van der Waals surface area (Å²) in [5.74, 6) is 0.907. The molecule has 0 fully saturated rings. The van der Waals surface area contributed by atoms with Crippen LogP contribution < -0.4 is 16.2 Å². The lowest BCUT2D eigenvalue weighted by Crippen LogP contribution is -2.21. The number of guanidine groups is 1. The minimum absolute atomic E-state index is 0.0328. The van der Waals surface area contributed by atoms with Crippen LogP contribution in [0.25, 0.3) is 0 Å². The van der Waals surface area contributed by atoms with Gasteiger partial charge < -0.3 is 25.5 Å². The molecule has 0 aliphatic rings. The van der Waals surface area contributed by atoms with Crippen LogP contribution in [0.2, 0.25) is 0 Å². The second-order valence-corrected chi connectivity index (χ2v) is 8.27. The highest BCUT2D eigenvalue weighted by Gasteiger charge is 2.08. The van der Waals surface area contributed by atoms with Gasteiger partial charge in [0.2, 0.25) is 0 Å². The lowest BCUT2D eigenvalue weighted by atomic mass is 10.2. The smallest absolute Gasteiger partial charge is 0.343 e. The maximum absolute atomic E-state index is 12.1. The van der Waals surface area contributed by atoms with Gasteiger partial charge in [0.25, 0.3) is 0 Å². The normalized spacial score (nSPS) is 10.5. The molecule has 164 valence electrons. The van der Waals surface area contributed by atoms with E-state index in [-0.39, 0.29) is 5.96 Å². The van der Waals surface area contributed by atoms with Crippen LogP contribution in [0.5, 0.6) is 5.75 Å². The number of carbonyl (C=O) groups excluding carboxylic acids is 1. The topological polar surface area (TPSA) is 157 Å². The van der Waals surface area contributed by atoms with E-state index in [1.807, 2.05) is 19.1 Å². The van der Waals surface area contributed by atoms with Crippen LogP contribution in [0.3, 0.4) is 0 Å². The van der Waals surface area contributed by atoms with Gasteiger partial charge in [-0.2, -0.15) is 0 Å². The zero-order valence-electron chi connectivity index (χ0n) is 16.6. The second kappa shape index (κ2) is 12.9. The van der Waals surface area contributed by atoms with Crippen LogP contribution >= 0.6 is 11.8 Å². The highest BCUT2D eigenvalue weighted by Crippen LogP contribution is 2.22. The van der Waals surface area contributed by atoms with E-state index < -0.39 is 16.1 Å². The molecule has 0 atom stereocenters. The minimum atomic E-state index is -3.92. The highest BCUT2D eigenvalue weighted by molar-refractivity contribution is 7.99. The van der Waals surface area contributed by atoms with Crippen molar-refractivity contribution in [2.24, 2.45) is 16.5 Å². The number of thioether (sulfide) groups is 1. The fourth-order valence-electron chi connectivity index (χ4n) is 1.95. The van der Waals surface area contributed by atoms with Gasteiger partial charge in [0.05, 0.1) is 28.0 Å². The van der Waals surface area contributed by atoms with Crippen LogP contribution in [0, 0.1) is 0 Å². The molecule has 2 aromatic carbocycles. The van der Waals surface area contributed by atoms with Crippen molar-refractivity contribution in [2.45, 2.75) is 11.8 Å². The van der Waals surface area contributed by atoms with Gasteiger partial charge in [-0.15, -0.1) is 11.8 Å². The van der Waals surface area contributed by atoms with E-state index in [1.54, 1.807) is 48.2 Å². The van der Waals surface area contributed by atoms with Crippen LogP contribution in [-0.4, -0.2) is 50.1 Å². The van der Waals surface area contributed by atoms with Crippen molar-refractivity contribution in [3.8, 4) is 5.75 Å². The molecule has 0 radical (unpaired) electrons. The van der Waals surface area contributed by atoms with Gasteiger partial charge in [0, 0.05) is 23.5 Å². The SMILES string of the molecule is CCOCCSc1ccc(OC(=O)c2ccc(N=C(N)N)cc2)cc1.CS(=O)(=O)[O-]. The molecule has 0 spiro atoms. The van der Waals surface area contributed by atoms with E-state index >= 15 is 0 Å². The molecular formula is C19H24N3O6S2-. The van der Waals surface area contributed by atoms with Gasteiger partial charge in [-0.25, -0.2) is 18.2 Å². The lowest BCUT2D eigenvalue weighted by molar-refractivity contribution is 0.0734. The van der Waals surface area contributed by atoms with Gasteiger partial charge in [-0.1, -0.05) is 0 Å². The highest BCUT2D eigenvalue weighted by atomic mass is 32.2. The third-order valence-electron chi connectivity index (χ3n) is 3.10. The number of carbonyl (C=O) groups is 1. The van der Waals surface area contributed by atoms with E-state index in [0.29, 0.717) is 29.9 Å². The molecule has 0 aliphatic carbocycles. The predicted molar refractivity (Wildman–Crippen MR) is 116 cm³/mol. The number of nitrogens with zero attached hydrogens (tertiary/aromatic N) is 1. The maximum Gasteiger partial charge on any atom is 0.343 e. The first-order valence-electron chi connectivity index (χ1n) is 8.72. The number of nitrogens with two attached hydrogens (primary N) is 2. The van der Waals surface area contributed by atoms with Crippen molar-refractivity contribution in [2.75, 3.05) is 25.2 Å². The quantitative estimate of drug-likeness (QED) is 0.116. The van der Waals surface area contributed by atoms with Crippen molar-refractivity contribution in [3.05, 3.63) is 54.1 Å². The van der Waals surface area contributed by atoms with Crippen molar-refractivity contribution < 1.29 is 27.2 Å². The Hall–Kier alpha value is -2.60. The molecule has 0 saturated heterocycles. The summed E-state index contributed by atoms with van der Waals surface area (Å²) in [5.41, 5.74) is 11.6. The van der Waals surface area contributed by atoms with Gasteiger partial charge in [0.1, 0.15) is 5.75 Å². The monoisotopic (exact) mass is 454 g/mol. The van der Waals surface area contributed by atoms with Crippen molar-refractivity contribution >= 4 is 39.5 Å². The molecule has 0 bridgehead atoms. The fraction of sp³-hybridized carbons (Fsp3) is 0.263. The molecule has 0 heterocycles. The number of hydrogen-bond acceptors (Lipinski definition) is 8. The maximum atomic E-state index is 12.1. The first-order valence-corrected chi connectivity index (χ1v) is 11.5. The Balaban J connectivity index is 0.000000804. The van der Waals surface area contributed by atoms with E-state index in [1.165, 1.54) is 0 Å². The van der Waals surface area contributed by atoms with Crippen molar-refractivity contribution in [1.82, 2.24) is 0 Å². The number of aliphatic imine (C=N–C) groups is 1. The molecule has 30 heavy (non-hydrogen) atoms. The summed E-state index contributed by atoms with van der Waals surface area (Å²) in [6, 6.07) is 13.9. The van der Waals surface area contributed by atoms with Crippen molar-refractivity contribution in [3.63, 3.8) is 0 Å². The molecule has 9 nitrogen and oxygen atoms in total. The summed E-state index contributed by atoms with van der Waals surface area (Å²) in [7, 11) is -3.92. The molecule has 4 N–H and O–H groups in total. The predicted octanol–water partition coefficient (Wildman–Crippen LogP) is 2.10. The number of hydrogen-bond donors (Lipinski definition) is 2. The van der Waals surface area contributed by atoms with Gasteiger partial charge in [0.15, 0.2) is 5.96 Å². The third kappa shape index (κ3) is 12.1. The Bertz CT molecular complexity index is 918. The first-order chi connectivity index (χ1) is 14.1. The Morgan fingerprint density at radius 2 is 1.67 bits per heavy atom. The van der Waals surface area contributed by atoms with E-state index in [9.17, 15) is 4.79 Å². The lowest BCUT2D eigenvalue weighted by Gasteiger charge is -2.06. The van der Waals surface area contributed by atoms with Crippen LogP contribution in [0.1, 0.15) is 17.3 Å². The Labute approximate surface area is 180 Å². The average molecular weight is 455 g/mol. The Morgan fingerprint density at radius 1 is 1.10 bits per heavy atom. The first kappa shape index (κ1) is 25.4.